The summed E-state index contributed by atoms with van der Waals surface area (Å²) in [4.78, 5) is 0. The lowest BCUT2D eigenvalue weighted by Gasteiger charge is -2.36. The first-order chi connectivity index (χ1) is 28.2. The molecule has 0 nitrogen and oxygen atoms in total. The van der Waals surface area contributed by atoms with E-state index < -0.39 is 5.41 Å². The Kier molecular flexibility index (Phi) is 8.96. The highest BCUT2D eigenvalue weighted by Gasteiger charge is 2.47. The van der Waals surface area contributed by atoms with Crippen LogP contribution in [0.2, 0.25) is 0 Å². The molecule has 0 spiro atoms. The number of benzene rings is 9. The van der Waals surface area contributed by atoms with Gasteiger partial charge in [-0.25, -0.2) is 0 Å². The maximum atomic E-state index is 2.53. The number of rotatable bonds is 5. The van der Waals surface area contributed by atoms with Crippen molar-refractivity contribution in [1.82, 2.24) is 0 Å². The molecule has 0 heteroatoms. The third-order valence-electron chi connectivity index (χ3n) is 12.1. The molecule has 0 saturated carbocycles. The molecule has 0 saturated heterocycles. The number of hydrogen-bond donors (Lipinski definition) is 0. The lowest BCUT2D eigenvalue weighted by Crippen LogP contribution is -2.29. The number of allylic oxidation sites excluding steroid dienone is 4. The highest BCUT2D eigenvalue weighted by molar-refractivity contribution is 6.25. The van der Waals surface area contributed by atoms with E-state index in [1.54, 1.807) is 0 Å². The van der Waals surface area contributed by atoms with Gasteiger partial charge in [0.15, 0.2) is 0 Å². The second kappa shape index (κ2) is 14.7. The van der Waals surface area contributed by atoms with Crippen molar-refractivity contribution in [3.8, 4) is 22.3 Å². The third-order valence-corrected chi connectivity index (χ3v) is 12.1. The summed E-state index contributed by atoms with van der Waals surface area (Å²) in [6.45, 7) is 2.08. The fourth-order valence-electron chi connectivity index (χ4n) is 9.59. The Labute approximate surface area is 336 Å². The van der Waals surface area contributed by atoms with Crippen LogP contribution >= 0.6 is 0 Å². The average Bonchev–Trinajstić information content (AvgIpc) is 3.58. The second-order valence-corrected chi connectivity index (χ2v) is 15.5. The highest BCUT2D eigenvalue weighted by Crippen LogP contribution is 2.59. The third kappa shape index (κ3) is 6.01. The summed E-state index contributed by atoms with van der Waals surface area (Å²) in [5.41, 5.74) is 14.3. The van der Waals surface area contributed by atoms with E-state index in [2.05, 4.69) is 201 Å². The molecule has 9 aromatic carbocycles. The summed E-state index contributed by atoms with van der Waals surface area (Å²) in [5.74, 6) is 0. The van der Waals surface area contributed by atoms with Crippen molar-refractivity contribution >= 4 is 32.3 Å². The van der Waals surface area contributed by atoms with E-state index in [0.717, 1.165) is 19.3 Å². The molecule has 0 N–H and O–H groups in total. The molecule has 0 aliphatic heterocycles. The Morgan fingerprint density at radius 2 is 1.02 bits per heavy atom. The predicted octanol–water partition coefficient (Wildman–Crippen LogP) is 15.0. The van der Waals surface area contributed by atoms with Gasteiger partial charge in [0, 0.05) is 0 Å². The fraction of sp³-hybridized carbons (Fsp3) is 0.0877. The Bertz CT molecular complexity index is 2930. The van der Waals surface area contributed by atoms with Crippen LogP contribution in [0.4, 0.5) is 0 Å². The molecule has 0 fully saturated rings. The second-order valence-electron chi connectivity index (χ2n) is 15.5. The smallest absolute Gasteiger partial charge is 0.0710 e. The number of hydrogen-bond acceptors (Lipinski definition) is 0. The van der Waals surface area contributed by atoms with E-state index in [0.29, 0.717) is 0 Å². The van der Waals surface area contributed by atoms with Crippen molar-refractivity contribution in [1.29, 1.82) is 0 Å². The average molecular weight is 729 g/mol. The normalized spacial score (nSPS) is 15.5. The van der Waals surface area contributed by atoms with E-state index in [1.165, 1.54) is 93.5 Å². The molecular formula is C57H44. The van der Waals surface area contributed by atoms with Crippen LogP contribution in [-0.4, -0.2) is 0 Å². The quantitative estimate of drug-likeness (QED) is 0.155. The van der Waals surface area contributed by atoms with Crippen LogP contribution < -0.4 is 0 Å². The number of fused-ring (bicyclic) bond motifs is 9. The van der Waals surface area contributed by atoms with Crippen LogP contribution in [-0.2, 0) is 11.8 Å². The Morgan fingerprint density at radius 1 is 0.439 bits per heavy atom. The molecule has 1 atom stereocenters. The molecule has 9 aromatic rings. The topological polar surface area (TPSA) is 0 Å². The summed E-state index contributed by atoms with van der Waals surface area (Å²) < 4.78 is 0. The lowest BCUT2D eigenvalue weighted by molar-refractivity contribution is 0.750. The van der Waals surface area contributed by atoms with Gasteiger partial charge in [0.2, 0.25) is 0 Å². The van der Waals surface area contributed by atoms with Crippen molar-refractivity contribution in [2.45, 2.75) is 31.6 Å². The standard InChI is InChI=1S/C50H36.C7H8/c1-4-15-36(16-5-1)39-25-14-26-47-49(39)45-30-28-35(33-48(45)50(47,37-17-6-2-7-18-37)38-19-8-3-9-20-38)31-34-27-29-44-42-23-11-10-21-40(42)41-22-12-13-24-43(41)46(44)32-34;1-7-5-3-2-4-6-7/h1-2,4-8,10-30,32-33H,3,9,31H2;2-6H,1H3. The van der Waals surface area contributed by atoms with E-state index in [-0.39, 0.29) is 0 Å². The van der Waals surface area contributed by atoms with Gasteiger partial charge >= 0.3 is 0 Å². The molecule has 0 amide bonds. The van der Waals surface area contributed by atoms with Gasteiger partial charge in [0.05, 0.1) is 5.41 Å². The SMILES string of the molecule is C1=CC(C2(c3ccccc3)c3cc(Cc4ccc5c6ccccc6c6ccccc6c5c4)ccc3-c3c(-c4ccccc4)cccc32)=CCC1.Cc1ccccc1. The molecule has 1 unspecified atom stereocenters. The monoisotopic (exact) mass is 728 g/mol. The van der Waals surface area contributed by atoms with E-state index >= 15 is 0 Å². The van der Waals surface area contributed by atoms with Crippen molar-refractivity contribution in [3.05, 3.63) is 251 Å². The molecule has 0 radical (unpaired) electrons. The van der Waals surface area contributed by atoms with Crippen molar-refractivity contribution in [2.75, 3.05) is 0 Å². The first-order valence-corrected chi connectivity index (χ1v) is 20.3. The summed E-state index contributed by atoms with van der Waals surface area (Å²) >= 11 is 0. The molecule has 0 aromatic heterocycles. The van der Waals surface area contributed by atoms with Crippen LogP contribution in [0.1, 0.15) is 46.2 Å². The Hall–Kier alpha value is -6.76. The van der Waals surface area contributed by atoms with Gasteiger partial charge in [-0.1, -0.05) is 218 Å². The van der Waals surface area contributed by atoms with Gasteiger partial charge in [0.25, 0.3) is 0 Å². The van der Waals surface area contributed by atoms with Crippen LogP contribution in [0.25, 0.3) is 54.6 Å². The van der Waals surface area contributed by atoms with Gasteiger partial charge in [0.1, 0.15) is 0 Å². The molecule has 0 heterocycles. The van der Waals surface area contributed by atoms with E-state index in [4.69, 9.17) is 0 Å². The first-order valence-electron chi connectivity index (χ1n) is 20.3. The minimum Gasteiger partial charge on any atom is -0.0839 e. The van der Waals surface area contributed by atoms with Crippen molar-refractivity contribution < 1.29 is 0 Å². The number of aryl methyl sites for hydroxylation is 1. The largest absolute Gasteiger partial charge is 0.0839 e. The molecule has 0 bridgehead atoms. The first kappa shape index (κ1) is 34.7. The predicted molar refractivity (Wildman–Crippen MR) is 243 cm³/mol. The molecule has 2 aliphatic carbocycles. The summed E-state index contributed by atoms with van der Waals surface area (Å²) in [6, 6.07) is 71.5. The molecule has 57 heavy (non-hydrogen) atoms. The van der Waals surface area contributed by atoms with Gasteiger partial charge in [-0.2, -0.15) is 0 Å². The maximum Gasteiger partial charge on any atom is 0.0710 e. The minimum absolute atomic E-state index is 0.401. The molecule has 272 valence electrons. The zero-order chi connectivity index (χ0) is 38.2. The van der Waals surface area contributed by atoms with Crippen molar-refractivity contribution in [3.63, 3.8) is 0 Å². The van der Waals surface area contributed by atoms with Crippen LogP contribution in [0.5, 0.6) is 0 Å². The van der Waals surface area contributed by atoms with Gasteiger partial charge in [-0.05, 0) is 114 Å². The lowest BCUT2D eigenvalue weighted by atomic mass is 9.66. The van der Waals surface area contributed by atoms with Gasteiger partial charge in [-0.15, -0.1) is 0 Å². The van der Waals surface area contributed by atoms with Crippen LogP contribution in [0, 0.1) is 6.92 Å². The Balaban J connectivity index is 0.000000514. The summed E-state index contributed by atoms with van der Waals surface area (Å²) in [7, 11) is 0. The summed E-state index contributed by atoms with van der Waals surface area (Å²) in [6.07, 6.45) is 10.3. The highest BCUT2D eigenvalue weighted by atomic mass is 14.5. The van der Waals surface area contributed by atoms with Crippen molar-refractivity contribution in [2.24, 2.45) is 0 Å². The zero-order valence-electron chi connectivity index (χ0n) is 32.3. The molecule has 2 aliphatic rings. The van der Waals surface area contributed by atoms with E-state index in [1.807, 2.05) is 18.2 Å². The maximum absolute atomic E-state index is 2.53. The van der Waals surface area contributed by atoms with Gasteiger partial charge in [-0.3, -0.25) is 0 Å². The minimum atomic E-state index is -0.401. The van der Waals surface area contributed by atoms with Crippen LogP contribution in [0.15, 0.2) is 218 Å². The zero-order valence-corrected chi connectivity index (χ0v) is 32.3. The summed E-state index contributed by atoms with van der Waals surface area (Å²) in [5, 5.41) is 7.92. The Morgan fingerprint density at radius 3 is 1.65 bits per heavy atom. The van der Waals surface area contributed by atoms with Crippen LogP contribution in [0.3, 0.4) is 0 Å². The molecule has 11 rings (SSSR count). The fourth-order valence-corrected chi connectivity index (χ4v) is 9.59. The van der Waals surface area contributed by atoms with E-state index in [9.17, 15) is 0 Å². The molecular weight excluding hydrogens is 685 g/mol. The van der Waals surface area contributed by atoms with Gasteiger partial charge < -0.3 is 0 Å².